The normalized spacial score (nSPS) is 10.4. The van der Waals surface area contributed by atoms with Crippen LogP contribution in [0.2, 0.25) is 0 Å². The van der Waals surface area contributed by atoms with Gasteiger partial charge < -0.3 is 11.1 Å². The Morgan fingerprint density at radius 1 is 1.50 bits per heavy atom. The molecule has 0 amide bonds. The number of hydrogen-bond acceptors (Lipinski definition) is 4. The minimum Gasteiger partial charge on any atom is -0.397 e. The van der Waals surface area contributed by atoms with E-state index in [1.807, 2.05) is 26.2 Å². The number of nitrogens with zero attached hydrogens (tertiary/aromatic N) is 3. The second kappa shape index (κ2) is 4.13. The zero-order valence-electron chi connectivity index (χ0n) is 9.03. The van der Waals surface area contributed by atoms with Crippen molar-refractivity contribution in [2.75, 3.05) is 11.1 Å². The van der Waals surface area contributed by atoms with Gasteiger partial charge in [-0.3, -0.25) is 4.68 Å². The van der Waals surface area contributed by atoms with Gasteiger partial charge in [0.1, 0.15) is 5.82 Å². The van der Waals surface area contributed by atoms with Gasteiger partial charge in [-0.05, 0) is 28.4 Å². The van der Waals surface area contributed by atoms with E-state index in [4.69, 9.17) is 5.73 Å². The third-order valence-corrected chi connectivity index (χ3v) is 3.23. The van der Waals surface area contributed by atoms with Crippen molar-refractivity contribution >= 4 is 33.3 Å². The fourth-order valence-electron chi connectivity index (χ4n) is 1.28. The maximum absolute atomic E-state index is 5.75. The highest BCUT2D eigenvalue weighted by Gasteiger charge is 2.08. The van der Waals surface area contributed by atoms with Crippen LogP contribution in [-0.4, -0.2) is 14.8 Å². The lowest BCUT2D eigenvalue weighted by Gasteiger charge is -2.08. The summed E-state index contributed by atoms with van der Waals surface area (Å²) < 4.78 is 2.58. The molecule has 0 aromatic carbocycles. The Morgan fingerprint density at radius 3 is 2.88 bits per heavy atom. The van der Waals surface area contributed by atoms with Crippen molar-refractivity contribution in [3.63, 3.8) is 0 Å². The van der Waals surface area contributed by atoms with Gasteiger partial charge >= 0.3 is 0 Å². The van der Waals surface area contributed by atoms with Gasteiger partial charge in [0.2, 0.25) is 0 Å². The van der Waals surface area contributed by atoms with Crippen LogP contribution in [0.3, 0.4) is 0 Å². The first-order chi connectivity index (χ1) is 7.58. The van der Waals surface area contributed by atoms with Gasteiger partial charge in [0, 0.05) is 19.3 Å². The predicted octanol–water partition coefficient (Wildman–Crippen LogP) is 2.21. The summed E-state index contributed by atoms with van der Waals surface area (Å²) in [5.74, 6) is 1.46. The fourth-order valence-corrected chi connectivity index (χ4v) is 1.71. The van der Waals surface area contributed by atoms with Crippen molar-refractivity contribution < 1.29 is 0 Å². The maximum atomic E-state index is 5.75. The smallest absolute Gasteiger partial charge is 0.153 e. The zero-order valence-corrected chi connectivity index (χ0v) is 10.6. The third kappa shape index (κ3) is 2.01. The van der Waals surface area contributed by atoms with Crippen molar-refractivity contribution in [2.45, 2.75) is 6.92 Å². The number of anilines is 3. The van der Waals surface area contributed by atoms with Crippen LogP contribution in [0.15, 0.2) is 22.9 Å². The second-order valence-electron chi connectivity index (χ2n) is 3.50. The lowest BCUT2D eigenvalue weighted by Crippen LogP contribution is -2.00. The number of nitrogen functional groups attached to an aromatic ring is 1. The van der Waals surface area contributed by atoms with Gasteiger partial charge in [-0.1, -0.05) is 0 Å². The molecule has 2 aromatic rings. The van der Waals surface area contributed by atoms with Crippen molar-refractivity contribution in [1.29, 1.82) is 0 Å². The largest absolute Gasteiger partial charge is 0.397 e. The average Bonchev–Trinajstić information content (AvgIpc) is 2.65. The first-order valence-electron chi connectivity index (χ1n) is 4.75. The molecule has 16 heavy (non-hydrogen) atoms. The molecule has 0 spiro atoms. The highest BCUT2D eigenvalue weighted by Crippen LogP contribution is 2.29. The molecule has 0 bridgehead atoms. The minimum atomic E-state index is 0.665. The molecule has 2 rings (SSSR count). The molecular formula is C10H12BrN5. The van der Waals surface area contributed by atoms with Crippen LogP contribution < -0.4 is 11.1 Å². The Balaban J connectivity index is 2.32. The highest BCUT2D eigenvalue weighted by molar-refractivity contribution is 9.10. The monoisotopic (exact) mass is 281 g/mol. The Morgan fingerprint density at radius 2 is 2.25 bits per heavy atom. The van der Waals surface area contributed by atoms with Gasteiger partial charge in [0.15, 0.2) is 5.82 Å². The number of halogens is 1. The molecule has 0 saturated heterocycles. The fraction of sp³-hybridized carbons (Fsp3) is 0.200. The molecule has 5 nitrogen and oxygen atoms in total. The molecule has 2 aromatic heterocycles. The number of aromatic nitrogens is 3. The molecule has 0 aliphatic heterocycles. The Kier molecular flexibility index (Phi) is 2.82. The van der Waals surface area contributed by atoms with Crippen molar-refractivity contribution in [1.82, 2.24) is 14.8 Å². The minimum absolute atomic E-state index is 0.665. The summed E-state index contributed by atoms with van der Waals surface area (Å²) in [5, 5.41) is 7.33. The lowest BCUT2D eigenvalue weighted by molar-refractivity contribution is 0.771. The van der Waals surface area contributed by atoms with E-state index in [9.17, 15) is 0 Å². The average molecular weight is 282 g/mol. The van der Waals surface area contributed by atoms with Crippen LogP contribution in [0.4, 0.5) is 17.3 Å². The van der Waals surface area contributed by atoms with Crippen LogP contribution in [0.25, 0.3) is 0 Å². The molecule has 0 aliphatic rings. The summed E-state index contributed by atoms with van der Waals surface area (Å²) in [6.45, 7) is 1.94. The summed E-state index contributed by atoms with van der Waals surface area (Å²) >= 11 is 3.46. The Bertz CT molecular complexity index is 520. The predicted molar refractivity (Wildman–Crippen MR) is 67.6 cm³/mol. The van der Waals surface area contributed by atoms with E-state index in [1.165, 1.54) is 0 Å². The topological polar surface area (TPSA) is 68.8 Å². The van der Waals surface area contributed by atoms with Gasteiger partial charge in [0.05, 0.1) is 16.4 Å². The van der Waals surface area contributed by atoms with E-state index in [2.05, 4.69) is 31.3 Å². The van der Waals surface area contributed by atoms with Crippen LogP contribution in [-0.2, 0) is 7.05 Å². The van der Waals surface area contributed by atoms with Crippen molar-refractivity contribution in [3.8, 4) is 0 Å². The number of nitrogens with one attached hydrogen (secondary N) is 1. The van der Waals surface area contributed by atoms with E-state index in [0.717, 1.165) is 15.9 Å². The second-order valence-corrected chi connectivity index (χ2v) is 4.29. The number of pyridine rings is 1. The van der Waals surface area contributed by atoms with Crippen LogP contribution in [0.5, 0.6) is 0 Å². The van der Waals surface area contributed by atoms with E-state index in [0.29, 0.717) is 11.5 Å². The standard InChI is InChI=1S/C10H12BrN5/c1-6-7(12)5-13-10(9(6)11)14-8-3-4-16(2)15-8/h3-5H,12H2,1-2H3,(H,13,14,15). The molecule has 0 aliphatic carbocycles. The van der Waals surface area contributed by atoms with E-state index < -0.39 is 0 Å². The molecule has 0 saturated carbocycles. The number of rotatable bonds is 2. The van der Waals surface area contributed by atoms with Gasteiger partial charge in [-0.25, -0.2) is 4.98 Å². The van der Waals surface area contributed by atoms with E-state index in [-0.39, 0.29) is 0 Å². The SMILES string of the molecule is Cc1c(N)cnc(Nc2ccn(C)n2)c1Br. The summed E-state index contributed by atoms with van der Waals surface area (Å²) in [5.41, 5.74) is 7.38. The summed E-state index contributed by atoms with van der Waals surface area (Å²) in [6, 6.07) is 1.87. The van der Waals surface area contributed by atoms with Gasteiger partial charge in [0.25, 0.3) is 0 Å². The maximum Gasteiger partial charge on any atom is 0.153 e. The zero-order chi connectivity index (χ0) is 11.7. The summed E-state index contributed by atoms with van der Waals surface area (Å²) in [7, 11) is 1.86. The van der Waals surface area contributed by atoms with E-state index >= 15 is 0 Å². The van der Waals surface area contributed by atoms with E-state index in [1.54, 1.807) is 10.9 Å². The lowest BCUT2D eigenvalue weighted by atomic mass is 10.2. The van der Waals surface area contributed by atoms with Crippen LogP contribution >= 0.6 is 15.9 Å². The van der Waals surface area contributed by atoms with Crippen molar-refractivity contribution in [2.24, 2.45) is 7.05 Å². The van der Waals surface area contributed by atoms with Gasteiger partial charge in [-0.15, -0.1) is 0 Å². The number of nitrogens with two attached hydrogens (primary N) is 1. The highest BCUT2D eigenvalue weighted by atomic mass is 79.9. The molecule has 3 N–H and O–H groups in total. The van der Waals surface area contributed by atoms with Gasteiger partial charge in [-0.2, -0.15) is 5.10 Å². The molecule has 0 unspecified atom stereocenters. The molecule has 0 fully saturated rings. The Hall–Kier alpha value is -1.56. The first-order valence-corrected chi connectivity index (χ1v) is 5.54. The molecule has 6 heteroatoms. The molecular weight excluding hydrogens is 270 g/mol. The van der Waals surface area contributed by atoms with Crippen LogP contribution in [0.1, 0.15) is 5.56 Å². The quantitative estimate of drug-likeness (QED) is 0.886. The Labute approximate surface area is 102 Å². The number of aryl methyl sites for hydroxylation is 1. The molecule has 0 atom stereocenters. The van der Waals surface area contributed by atoms with Crippen molar-refractivity contribution in [3.05, 3.63) is 28.5 Å². The first kappa shape index (κ1) is 10.9. The molecule has 84 valence electrons. The summed E-state index contributed by atoms with van der Waals surface area (Å²) in [6.07, 6.45) is 3.49. The van der Waals surface area contributed by atoms with Crippen LogP contribution in [0, 0.1) is 6.92 Å². The third-order valence-electron chi connectivity index (χ3n) is 2.26. The molecule has 0 radical (unpaired) electrons. The summed E-state index contributed by atoms with van der Waals surface area (Å²) in [4.78, 5) is 4.21. The molecule has 2 heterocycles. The number of hydrogen-bond donors (Lipinski definition) is 2.